The molecular formula is C18H17F4N3O5S. The summed E-state index contributed by atoms with van der Waals surface area (Å²) in [7, 11) is -4.08. The third-order valence-electron chi connectivity index (χ3n) is 3.63. The summed E-state index contributed by atoms with van der Waals surface area (Å²) < 4.78 is 79.1. The van der Waals surface area contributed by atoms with E-state index in [9.17, 15) is 35.6 Å². The van der Waals surface area contributed by atoms with Crippen molar-refractivity contribution in [2.45, 2.75) is 24.1 Å². The molecule has 0 atom stereocenters. The summed E-state index contributed by atoms with van der Waals surface area (Å²) in [5, 5.41) is 0. The van der Waals surface area contributed by atoms with Crippen LogP contribution in [0.5, 0.6) is 5.75 Å². The number of carbonyl (C=O) groups excluding carboxylic acids is 2. The number of hydrogen-bond acceptors (Lipinski definition) is 5. The van der Waals surface area contributed by atoms with E-state index in [2.05, 4.69) is 20.3 Å². The molecule has 2 amide bonds. The molecule has 2 aromatic rings. The van der Waals surface area contributed by atoms with Crippen LogP contribution in [0, 0.1) is 5.82 Å². The number of carbonyl (C=O) groups is 2. The molecule has 0 radical (unpaired) electrons. The van der Waals surface area contributed by atoms with Crippen molar-refractivity contribution in [2.75, 3.05) is 6.54 Å². The van der Waals surface area contributed by atoms with E-state index in [1.807, 2.05) is 0 Å². The van der Waals surface area contributed by atoms with E-state index in [-0.39, 0.29) is 24.3 Å². The van der Waals surface area contributed by atoms with Crippen molar-refractivity contribution in [3.8, 4) is 5.75 Å². The molecule has 0 aliphatic rings. The molecule has 0 spiro atoms. The van der Waals surface area contributed by atoms with Gasteiger partial charge in [0, 0.05) is 13.0 Å². The van der Waals surface area contributed by atoms with E-state index in [1.54, 1.807) is 0 Å². The minimum atomic E-state index is -4.90. The number of nitrogens with one attached hydrogen (secondary N) is 3. The summed E-state index contributed by atoms with van der Waals surface area (Å²) in [6, 6.07) is 8.70. The van der Waals surface area contributed by atoms with E-state index >= 15 is 0 Å². The van der Waals surface area contributed by atoms with Gasteiger partial charge in [0.15, 0.2) is 0 Å². The lowest BCUT2D eigenvalue weighted by atomic mass is 10.1. The van der Waals surface area contributed by atoms with Gasteiger partial charge in [0.2, 0.25) is 21.8 Å². The fourth-order valence-corrected chi connectivity index (χ4v) is 3.27. The number of hydrogen-bond donors (Lipinski definition) is 3. The van der Waals surface area contributed by atoms with Gasteiger partial charge in [0.1, 0.15) is 11.6 Å². The number of halogens is 4. The second kappa shape index (κ2) is 10.2. The Morgan fingerprint density at radius 2 is 1.48 bits per heavy atom. The summed E-state index contributed by atoms with van der Waals surface area (Å²) in [5.74, 6) is -2.29. The topological polar surface area (TPSA) is 114 Å². The first-order valence-corrected chi connectivity index (χ1v) is 10.1. The number of alkyl halides is 3. The second-order valence-electron chi connectivity index (χ2n) is 6.07. The van der Waals surface area contributed by atoms with Crippen molar-refractivity contribution >= 4 is 21.8 Å². The first-order chi connectivity index (χ1) is 14.4. The molecular weight excluding hydrogens is 446 g/mol. The molecule has 0 aromatic heterocycles. The molecule has 0 saturated heterocycles. The van der Waals surface area contributed by atoms with Crippen LogP contribution in [0.25, 0.3) is 0 Å². The van der Waals surface area contributed by atoms with E-state index in [0.29, 0.717) is 5.56 Å². The molecule has 2 rings (SSSR count). The molecule has 168 valence electrons. The van der Waals surface area contributed by atoms with Gasteiger partial charge in [-0.25, -0.2) is 17.5 Å². The molecule has 0 bridgehead atoms. The third kappa shape index (κ3) is 8.60. The molecule has 3 N–H and O–H groups in total. The number of ether oxygens (including phenoxy) is 1. The standard InChI is InChI=1S/C18H17F4N3O5S/c19-13-3-1-12(2-4-13)11-17(27)25-24-16(26)9-10-23-31(28,29)15-7-5-14(6-8-15)30-18(20,21)22/h1-8,23H,9-11H2,(H,24,26)(H,25,27). The zero-order chi connectivity index (χ0) is 23.1. The quantitative estimate of drug-likeness (QED) is 0.408. The van der Waals surface area contributed by atoms with Crippen molar-refractivity contribution in [1.29, 1.82) is 0 Å². The lowest BCUT2D eigenvalue weighted by molar-refractivity contribution is -0.274. The number of sulfonamides is 1. The zero-order valence-corrected chi connectivity index (χ0v) is 16.5. The maximum atomic E-state index is 12.8. The summed E-state index contributed by atoms with van der Waals surface area (Å²) in [5.41, 5.74) is 4.75. The minimum absolute atomic E-state index is 0.110. The Balaban J connectivity index is 1.75. The van der Waals surface area contributed by atoms with Crippen LogP contribution in [0.3, 0.4) is 0 Å². The Morgan fingerprint density at radius 3 is 2.06 bits per heavy atom. The highest BCUT2D eigenvalue weighted by Gasteiger charge is 2.31. The molecule has 0 saturated carbocycles. The van der Waals surface area contributed by atoms with Gasteiger partial charge in [-0.2, -0.15) is 0 Å². The molecule has 0 aliphatic carbocycles. The fraction of sp³-hybridized carbons (Fsp3) is 0.222. The van der Waals surface area contributed by atoms with E-state index < -0.39 is 39.8 Å². The van der Waals surface area contributed by atoms with Crippen molar-refractivity contribution < 1.29 is 40.3 Å². The second-order valence-corrected chi connectivity index (χ2v) is 7.83. The van der Waals surface area contributed by atoms with Gasteiger partial charge in [-0.3, -0.25) is 20.4 Å². The van der Waals surface area contributed by atoms with E-state index in [0.717, 1.165) is 24.3 Å². The van der Waals surface area contributed by atoms with Gasteiger partial charge in [0.05, 0.1) is 11.3 Å². The summed E-state index contributed by atoms with van der Waals surface area (Å²) in [6.45, 7) is -0.331. The maximum absolute atomic E-state index is 12.8. The summed E-state index contributed by atoms with van der Waals surface area (Å²) >= 11 is 0. The lowest BCUT2D eigenvalue weighted by Gasteiger charge is -2.10. The number of benzene rings is 2. The molecule has 0 unspecified atom stereocenters. The van der Waals surface area contributed by atoms with Gasteiger partial charge in [-0.05, 0) is 42.0 Å². The maximum Gasteiger partial charge on any atom is 0.573 e. The van der Waals surface area contributed by atoms with Gasteiger partial charge in [0.25, 0.3) is 0 Å². The van der Waals surface area contributed by atoms with E-state index in [4.69, 9.17) is 0 Å². The smallest absolute Gasteiger partial charge is 0.406 e. The fourth-order valence-electron chi connectivity index (χ4n) is 2.24. The van der Waals surface area contributed by atoms with Crippen molar-refractivity contribution in [3.63, 3.8) is 0 Å². The lowest BCUT2D eigenvalue weighted by Crippen LogP contribution is -2.43. The third-order valence-corrected chi connectivity index (χ3v) is 5.11. The molecule has 13 heteroatoms. The molecule has 0 fully saturated rings. The number of amides is 2. The van der Waals surface area contributed by atoms with Gasteiger partial charge < -0.3 is 4.74 Å². The average Bonchev–Trinajstić information content (AvgIpc) is 2.67. The van der Waals surface area contributed by atoms with Gasteiger partial charge in [-0.1, -0.05) is 12.1 Å². The Hall–Kier alpha value is -3.19. The van der Waals surface area contributed by atoms with Gasteiger partial charge >= 0.3 is 6.36 Å². The van der Waals surface area contributed by atoms with Crippen LogP contribution in [0.1, 0.15) is 12.0 Å². The van der Waals surface area contributed by atoms with Crippen LogP contribution < -0.4 is 20.3 Å². The van der Waals surface area contributed by atoms with Crippen LogP contribution in [0.2, 0.25) is 0 Å². The minimum Gasteiger partial charge on any atom is -0.406 e. The Labute approximate surface area is 174 Å². The van der Waals surface area contributed by atoms with Crippen LogP contribution in [0.4, 0.5) is 17.6 Å². The van der Waals surface area contributed by atoms with Crippen LogP contribution in [-0.2, 0) is 26.0 Å². The normalized spacial score (nSPS) is 11.6. The predicted molar refractivity (Wildman–Crippen MR) is 99.3 cm³/mol. The number of rotatable bonds is 8. The Kier molecular flexibility index (Phi) is 7.94. The zero-order valence-electron chi connectivity index (χ0n) is 15.7. The van der Waals surface area contributed by atoms with Crippen LogP contribution >= 0.6 is 0 Å². The monoisotopic (exact) mass is 463 g/mol. The predicted octanol–water partition coefficient (Wildman–Crippen LogP) is 1.78. The highest BCUT2D eigenvalue weighted by molar-refractivity contribution is 7.89. The first-order valence-electron chi connectivity index (χ1n) is 8.62. The molecule has 2 aromatic carbocycles. The summed E-state index contributed by atoms with van der Waals surface area (Å²) in [4.78, 5) is 23.1. The summed E-state index contributed by atoms with van der Waals surface area (Å²) in [6.07, 6.45) is -5.34. The van der Waals surface area contributed by atoms with Crippen molar-refractivity contribution in [1.82, 2.24) is 15.6 Å². The first kappa shape index (κ1) is 24.1. The SMILES string of the molecule is O=C(CCNS(=O)(=O)c1ccc(OC(F)(F)F)cc1)NNC(=O)Cc1ccc(F)cc1. The van der Waals surface area contributed by atoms with Crippen molar-refractivity contribution in [2.24, 2.45) is 0 Å². The highest BCUT2D eigenvalue weighted by atomic mass is 32.2. The largest absolute Gasteiger partial charge is 0.573 e. The molecule has 0 heterocycles. The van der Waals surface area contributed by atoms with Crippen LogP contribution in [-0.4, -0.2) is 33.1 Å². The highest BCUT2D eigenvalue weighted by Crippen LogP contribution is 2.23. The Morgan fingerprint density at radius 1 is 0.903 bits per heavy atom. The van der Waals surface area contributed by atoms with E-state index in [1.165, 1.54) is 24.3 Å². The Bertz CT molecular complexity index is 1010. The number of hydrazine groups is 1. The van der Waals surface area contributed by atoms with Crippen molar-refractivity contribution in [3.05, 3.63) is 59.9 Å². The molecule has 0 aliphatic heterocycles. The van der Waals surface area contributed by atoms with Gasteiger partial charge in [-0.15, -0.1) is 13.2 Å². The van der Waals surface area contributed by atoms with Crippen LogP contribution in [0.15, 0.2) is 53.4 Å². The molecule has 31 heavy (non-hydrogen) atoms. The molecule has 8 nitrogen and oxygen atoms in total. The average molecular weight is 463 g/mol.